The van der Waals surface area contributed by atoms with E-state index in [-0.39, 0.29) is 0 Å². The lowest BCUT2D eigenvalue weighted by atomic mass is 10.0. The van der Waals surface area contributed by atoms with Gasteiger partial charge in [0.25, 0.3) is 0 Å². The van der Waals surface area contributed by atoms with Crippen LogP contribution in [-0.4, -0.2) is 14.9 Å². The van der Waals surface area contributed by atoms with E-state index < -0.39 is 5.63 Å². The zero-order chi connectivity index (χ0) is 20.7. The molecule has 0 aliphatic rings. The Balaban J connectivity index is 1.67. The SMILES string of the molecule is Cc1cc2oc(=O)cc(CSc3nnc(-c4cc(Cl)ccc4Cl)n3N)c2cc1C. The fourth-order valence-corrected chi connectivity index (χ4v) is 4.19. The van der Waals surface area contributed by atoms with Crippen LogP contribution in [-0.2, 0) is 5.75 Å². The molecule has 2 heterocycles. The summed E-state index contributed by atoms with van der Waals surface area (Å²) in [5.74, 6) is 7.08. The van der Waals surface area contributed by atoms with Gasteiger partial charge in [0.1, 0.15) is 5.58 Å². The molecule has 0 saturated carbocycles. The van der Waals surface area contributed by atoms with Crippen LogP contribution in [0, 0.1) is 13.8 Å². The molecular formula is C20H16Cl2N4O2S. The zero-order valence-electron chi connectivity index (χ0n) is 15.6. The number of aromatic nitrogens is 3. The molecule has 0 radical (unpaired) electrons. The first-order valence-corrected chi connectivity index (χ1v) is 10.4. The predicted octanol–water partition coefficient (Wildman–Crippen LogP) is 4.98. The maximum Gasteiger partial charge on any atom is 0.336 e. The van der Waals surface area contributed by atoms with E-state index in [9.17, 15) is 4.79 Å². The summed E-state index contributed by atoms with van der Waals surface area (Å²) in [4.78, 5) is 12.0. The van der Waals surface area contributed by atoms with Crippen molar-refractivity contribution in [3.63, 3.8) is 0 Å². The average molecular weight is 447 g/mol. The number of nitrogens with two attached hydrogens (primary N) is 1. The highest BCUT2D eigenvalue weighted by Gasteiger charge is 2.16. The first kappa shape index (κ1) is 19.8. The number of thioether (sulfide) groups is 1. The Labute approximate surface area is 180 Å². The number of halogens is 2. The molecule has 2 aromatic heterocycles. The lowest BCUT2D eigenvalue weighted by Crippen LogP contribution is -2.12. The van der Waals surface area contributed by atoms with E-state index in [2.05, 4.69) is 10.2 Å². The fraction of sp³-hybridized carbons (Fsp3) is 0.150. The Morgan fingerprint density at radius 2 is 1.86 bits per heavy atom. The first-order valence-electron chi connectivity index (χ1n) is 8.66. The number of rotatable bonds is 4. The van der Waals surface area contributed by atoms with E-state index in [0.717, 1.165) is 22.1 Å². The maximum absolute atomic E-state index is 12.0. The molecule has 0 bridgehead atoms. The average Bonchev–Trinajstić information content (AvgIpc) is 3.03. The largest absolute Gasteiger partial charge is 0.423 e. The molecule has 0 unspecified atom stereocenters. The van der Waals surface area contributed by atoms with E-state index in [4.69, 9.17) is 33.5 Å². The molecule has 4 rings (SSSR count). The minimum atomic E-state index is -0.392. The topological polar surface area (TPSA) is 86.9 Å². The molecule has 0 aliphatic carbocycles. The molecule has 4 aromatic rings. The monoisotopic (exact) mass is 446 g/mol. The molecule has 2 N–H and O–H groups in total. The third-order valence-corrected chi connectivity index (χ3v) is 6.19. The van der Waals surface area contributed by atoms with Crippen molar-refractivity contribution in [2.45, 2.75) is 24.8 Å². The van der Waals surface area contributed by atoms with Crippen molar-refractivity contribution in [1.29, 1.82) is 0 Å². The van der Waals surface area contributed by atoms with Crippen LogP contribution in [0.15, 0.2) is 50.8 Å². The van der Waals surface area contributed by atoms with Gasteiger partial charge in [0.05, 0.1) is 5.02 Å². The Morgan fingerprint density at radius 1 is 1.10 bits per heavy atom. The normalized spacial score (nSPS) is 11.3. The number of fused-ring (bicyclic) bond motifs is 1. The Hall–Kier alpha value is -2.48. The van der Waals surface area contributed by atoms with Crippen molar-refractivity contribution in [3.05, 3.63) is 73.6 Å². The summed E-state index contributed by atoms with van der Waals surface area (Å²) in [6, 6.07) is 10.5. The fourth-order valence-electron chi connectivity index (χ4n) is 2.97. The van der Waals surface area contributed by atoms with Crippen molar-refractivity contribution in [3.8, 4) is 11.4 Å². The number of nitrogens with zero attached hydrogens (tertiary/aromatic N) is 3. The maximum atomic E-state index is 12.0. The Bertz CT molecular complexity index is 1300. The van der Waals surface area contributed by atoms with Gasteiger partial charge in [-0.2, -0.15) is 0 Å². The van der Waals surface area contributed by atoms with Gasteiger partial charge in [-0.3, -0.25) is 0 Å². The standard InChI is InChI=1S/C20H16Cl2N4O2S/c1-10-5-14-12(7-18(27)28-17(14)6-11(10)2)9-29-20-25-24-19(26(20)23)15-8-13(21)3-4-16(15)22/h3-8H,9,23H2,1-2H3. The summed E-state index contributed by atoms with van der Waals surface area (Å²) in [6.07, 6.45) is 0. The van der Waals surface area contributed by atoms with Gasteiger partial charge in [0.2, 0.25) is 5.16 Å². The number of aryl methyl sites for hydroxylation is 2. The smallest absolute Gasteiger partial charge is 0.336 e. The molecule has 0 saturated heterocycles. The molecule has 0 atom stereocenters. The summed E-state index contributed by atoms with van der Waals surface area (Å²) >= 11 is 13.7. The highest BCUT2D eigenvalue weighted by molar-refractivity contribution is 7.98. The van der Waals surface area contributed by atoms with Crippen LogP contribution >= 0.6 is 35.0 Å². The Morgan fingerprint density at radius 3 is 2.66 bits per heavy atom. The molecule has 0 fully saturated rings. The summed E-state index contributed by atoms with van der Waals surface area (Å²) in [5.41, 5.74) is 3.80. The first-order chi connectivity index (χ1) is 13.8. The molecule has 0 aliphatic heterocycles. The van der Waals surface area contributed by atoms with E-state index in [1.807, 2.05) is 26.0 Å². The van der Waals surface area contributed by atoms with Gasteiger partial charge in [-0.25, -0.2) is 9.47 Å². The second-order valence-corrected chi connectivity index (χ2v) is 8.40. The van der Waals surface area contributed by atoms with Crippen molar-refractivity contribution < 1.29 is 4.42 Å². The third kappa shape index (κ3) is 3.85. The van der Waals surface area contributed by atoms with Crippen LogP contribution < -0.4 is 11.5 Å². The second-order valence-electron chi connectivity index (χ2n) is 6.61. The lowest BCUT2D eigenvalue weighted by Gasteiger charge is -2.08. The van der Waals surface area contributed by atoms with Gasteiger partial charge in [0.15, 0.2) is 5.82 Å². The molecular weight excluding hydrogens is 431 g/mol. The van der Waals surface area contributed by atoms with Gasteiger partial charge < -0.3 is 10.3 Å². The molecule has 6 nitrogen and oxygen atoms in total. The molecule has 148 valence electrons. The van der Waals surface area contributed by atoms with E-state index >= 15 is 0 Å². The van der Waals surface area contributed by atoms with Gasteiger partial charge in [-0.05, 0) is 60.9 Å². The van der Waals surface area contributed by atoms with Crippen LogP contribution in [0.1, 0.15) is 16.7 Å². The van der Waals surface area contributed by atoms with Crippen molar-refractivity contribution in [2.24, 2.45) is 0 Å². The second kappa shape index (κ2) is 7.74. The van der Waals surface area contributed by atoms with E-state index in [1.165, 1.54) is 22.5 Å². The van der Waals surface area contributed by atoms with Crippen molar-refractivity contribution in [2.75, 3.05) is 5.84 Å². The summed E-state index contributed by atoms with van der Waals surface area (Å²) in [7, 11) is 0. The van der Waals surface area contributed by atoms with E-state index in [0.29, 0.717) is 37.9 Å². The minimum Gasteiger partial charge on any atom is -0.423 e. The van der Waals surface area contributed by atoms with Gasteiger partial charge >= 0.3 is 5.63 Å². The summed E-state index contributed by atoms with van der Waals surface area (Å²) < 4.78 is 6.72. The van der Waals surface area contributed by atoms with Gasteiger partial charge in [0, 0.05) is 27.8 Å². The molecule has 29 heavy (non-hydrogen) atoms. The number of nitrogen functional groups attached to an aromatic ring is 1. The van der Waals surface area contributed by atoms with Crippen LogP contribution in [0.2, 0.25) is 10.0 Å². The van der Waals surface area contributed by atoms with E-state index in [1.54, 1.807) is 18.2 Å². The number of hydrogen-bond donors (Lipinski definition) is 1. The van der Waals surface area contributed by atoms with Crippen LogP contribution in [0.3, 0.4) is 0 Å². The van der Waals surface area contributed by atoms with Crippen molar-refractivity contribution >= 4 is 45.9 Å². The van der Waals surface area contributed by atoms with Crippen LogP contribution in [0.4, 0.5) is 0 Å². The highest BCUT2D eigenvalue weighted by Crippen LogP contribution is 2.32. The lowest BCUT2D eigenvalue weighted by molar-refractivity contribution is 0.559. The Kier molecular flexibility index (Phi) is 5.29. The van der Waals surface area contributed by atoms with Gasteiger partial charge in [-0.1, -0.05) is 35.0 Å². The quantitative estimate of drug-likeness (QED) is 0.270. The molecule has 9 heteroatoms. The van der Waals surface area contributed by atoms with Crippen molar-refractivity contribution in [1.82, 2.24) is 14.9 Å². The number of benzene rings is 2. The van der Waals surface area contributed by atoms with Crippen LogP contribution in [0.5, 0.6) is 0 Å². The third-order valence-electron chi connectivity index (χ3n) is 4.64. The molecule has 0 spiro atoms. The van der Waals surface area contributed by atoms with Crippen LogP contribution in [0.25, 0.3) is 22.4 Å². The number of hydrogen-bond acceptors (Lipinski definition) is 6. The zero-order valence-corrected chi connectivity index (χ0v) is 17.9. The summed E-state index contributed by atoms with van der Waals surface area (Å²) in [5, 5.41) is 10.7. The molecule has 0 amide bonds. The minimum absolute atomic E-state index is 0.392. The van der Waals surface area contributed by atoms with Gasteiger partial charge in [-0.15, -0.1) is 10.2 Å². The molecule has 2 aromatic carbocycles. The summed E-state index contributed by atoms with van der Waals surface area (Å²) in [6.45, 7) is 4.00. The highest BCUT2D eigenvalue weighted by atomic mass is 35.5. The predicted molar refractivity (Wildman–Crippen MR) is 117 cm³/mol.